The molecule has 1 atom stereocenters. The highest BCUT2D eigenvalue weighted by molar-refractivity contribution is 8.01. The van der Waals surface area contributed by atoms with E-state index in [0.717, 1.165) is 37.8 Å². The van der Waals surface area contributed by atoms with Gasteiger partial charge in [-0.2, -0.15) is 0 Å². The van der Waals surface area contributed by atoms with E-state index in [4.69, 9.17) is 9.72 Å². The van der Waals surface area contributed by atoms with Gasteiger partial charge in [-0.3, -0.25) is 9.59 Å². The van der Waals surface area contributed by atoms with Gasteiger partial charge in [0, 0.05) is 24.2 Å². The number of aromatic nitrogens is 1. The summed E-state index contributed by atoms with van der Waals surface area (Å²) in [4.78, 5) is 32.1. The topological polar surface area (TPSA) is 71.5 Å². The number of hydrogen-bond donors (Lipinski definition) is 1. The van der Waals surface area contributed by atoms with Crippen LogP contribution >= 0.6 is 23.1 Å². The Hall–Kier alpha value is -2.84. The molecule has 32 heavy (non-hydrogen) atoms. The summed E-state index contributed by atoms with van der Waals surface area (Å²) >= 11 is 3.13. The van der Waals surface area contributed by atoms with Gasteiger partial charge in [0.25, 0.3) is 0 Å². The summed E-state index contributed by atoms with van der Waals surface area (Å²) < 4.78 is 6.39. The van der Waals surface area contributed by atoms with Gasteiger partial charge < -0.3 is 15.0 Å². The Morgan fingerprint density at radius 1 is 1.19 bits per heavy atom. The second kappa shape index (κ2) is 10.2. The van der Waals surface area contributed by atoms with Crippen molar-refractivity contribution in [2.45, 2.75) is 24.6 Å². The highest BCUT2D eigenvalue weighted by atomic mass is 32.2. The zero-order valence-electron chi connectivity index (χ0n) is 18.0. The van der Waals surface area contributed by atoms with Crippen LogP contribution in [0.15, 0.2) is 58.9 Å². The Balaban J connectivity index is 1.49. The van der Waals surface area contributed by atoms with E-state index in [2.05, 4.69) is 12.2 Å². The molecule has 166 valence electrons. The van der Waals surface area contributed by atoms with Gasteiger partial charge in [0.2, 0.25) is 11.8 Å². The molecule has 0 saturated carbocycles. The molecule has 4 rings (SSSR count). The summed E-state index contributed by atoms with van der Waals surface area (Å²) in [6, 6.07) is 17.2. The maximum absolute atomic E-state index is 13.1. The van der Waals surface area contributed by atoms with E-state index in [-0.39, 0.29) is 18.2 Å². The number of amides is 2. The van der Waals surface area contributed by atoms with Crippen molar-refractivity contribution in [2.24, 2.45) is 5.92 Å². The number of nitrogens with one attached hydrogen (secondary N) is 1. The van der Waals surface area contributed by atoms with Crippen LogP contribution in [0.5, 0.6) is 5.75 Å². The van der Waals surface area contributed by atoms with Crippen LogP contribution in [0.4, 0.5) is 10.7 Å². The molecule has 0 spiro atoms. The first-order valence-electron chi connectivity index (χ1n) is 10.6. The maximum atomic E-state index is 13.1. The molecule has 2 amide bonds. The van der Waals surface area contributed by atoms with Gasteiger partial charge in [0.1, 0.15) is 16.4 Å². The lowest BCUT2D eigenvalue weighted by molar-refractivity contribution is -0.122. The van der Waals surface area contributed by atoms with Crippen molar-refractivity contribution in [3.05, 3.63) is 54.6 Å². The number of ether oxygens (including phenoxy) is 1. The minimum absolute atomic E-state index is 0.0517. The molecule has 1 saturated heterocycles. The molecule has 0 radical (unpaired) electrons. The monoisotopic (exact) mass is 467 g/mol. The lowest BCUT2D eigenvalue weighted by Crippen LogP contribution is -2.28. The molecule has 1 aliphatic rings. The highest BCUT2D eigenvalue weighted by Crippen LogP contribution is 2.38. The van der Waals surface area contributed by atoms with Crippen LogP contribution in [0.3, 0.4) is 0 Å². The average Bonchev–Trinajstić information content (AvgIpc) is 3.39. The summed E-state index contributed by atoms with van der Waals surface area (Å²) in [5.41, 5.74) is 2.51. The first kappa shape index (κ1) is 22.4. The molecule has 1 aromatic heterocycles. The minimum Gasteiger partial charge on any atom is -0.494 e. The predicted molar refractivity (Wildman–Crippen MR) is 131 cm³/mol. The van der Waals surface area contributed by atoms with E-state index < -0.39 is 5.92 Å². The third-order valence-electron chi connectivity index (χ3n) is 5.11. The van der Waals surface area contributed by atoms with Crippen molar-refractivity contribution >= 4 is 45.6 Å². The van der Waals surface area contributed by atoms with Gasteiger partial charge in [0.05, 0.1) is 12.5 Å². The Kier molecular flexibility index (Phi) is 7.12. The van der Waals surface area contributed by atoms with Crippen molar-refractivity contribution < 1.29 is 14.3 Å². The standard InChI is InChI=1S/C24H25N3O3S2/c1-3-30-19-12-10-18(11-13-19)27-15-17(14-20(27)28)22(29)26-23-21(16-8-6-5-7-9-16)25-24(32-23)31-4-2/h5-13,17H,3-4,14-15H2,1-2H3,(H,26,29). The molecule has 0 aliphatic carbocycles. The first-order chi connectivity index (χ1) is 15.6. The number of benzene rings is 2. The van der Waals surface area contributed by atoms with Gasteiger partial charge in [0.15, 0.2) is 4.34 Å². The normalized spacial score (nSPS) is 15.8. The van der Waals surface area contributed by atoms with E-state index in [9.17, 15) is 9.59 Å². The highest BCUT2D eigenvalue weighted by Gasteiger charge is 2.35. The van der Waals surface area contributed by atoms with Gasteiger partial charge in [-0.1, -0.05) is 60.4 Å². The van der Waals surface area contributed by atoms with Crippen LogP contribution < -0.4 is 15.0 Å². The summed E-state index contributed by atoms with van der Waals surface area (Å²) in [6.07, 6.45) is 0.190. The van der Waals surface area contributed by atoms with Crippen molar-refractivity contribution in [1.29, 1.82) is 0 Å². The number of thioether (sulfide) groups is 1. The lowest BCUT2D eigenvalue weighted by Gasteiger charge is -2.17. The van der Waals surface area contributed by atoms with E-state index in [1.807, 2.05) is 61.5 Å². The molecule has 1 N–H and O–H groups in total. The molecular weight excluding hydrogens is 442 g/mol. The second-order valence-electron chi connectivity index (χ2n) is 7.28. The summed E-state index contributed by atoms with van der Waals surface area (Å²) in [7, 11) is 0. The van der Waals surface area contributed by atoms with Crippen LogP contribution in [0.2, 0.25) is 0 Å². The fraction of sp³-hybridized carbons (Fsp3) is 0.292. The molecule has 1 fully saturated rings. The average molecular weight is 468 g/mol. The van der Waals surface area contributed by atoms with Crippen LogP contribution in [-0.4, -0.2) is 35.7 Å². The van der Waals surface area contributed by atoms with E-state index in [1.165, 1.54) is 11.3 Å². The Morgan fingerprint density at radius 2 is 1.94 bits per heavy atom. The molecule has 2 heterocycles. The zero-order chi connectivity index (χ0) is 22.5. The Labute approximate surface area is 196 Å². The van der Waals surface area contributed by atoms with Gasteiger partial charge in [-0.15, -0.1) is 0 Å². The molecule has 1 unspecified atom stereocenters. The smallest absolute Gasteiger partial charge is 0.230 e. The summed E-state index contributed by atoms with van der Waals surface area (Å²) in [5.74, 6) is 1.05. The number of thiazole rings is 1. The van der Waals surface area contributed by atoms with Crippen LogP contribution in [0, 0.1) is 5.92 Å². The first-order valence-corrected chi connectivity index (χ1v) is 12.4. The fourth-order valence-electron chi connectivity index (χ4n) is 3.60. The lowest BCUT2D eigenvalue weighted by atomic mass is 10.1. The van der Waals surface area contributed by atoms with E-state index in [1.54, 1.807) is 16.7 Å². The van der Waals surface area contributed by atoms with Gasteiger partial charge >= 0.3 is 0 Å². The largest absolute Gasteiger partial charge is 0.494 e. The summed E-state index contributed by atoms with van der Waals surface area (Å²) in [6.45, 7) is 4.95. The van der Waals surface area contributed by atoms with Crippen molar-refractivity contribution in [2.75, 3.05) is 29.1 Å². The number of anilines is 2. The van der Waals surface area contributed by atoms with Crippen LogP contribution in [0.25, 0.3) is 11.3 Å². The number of carbonyl (C=O) groups is 2. The molecule has 2 aromatic carbocycles. The Morgan fingerprint density at radius 3 is 2.62 bits per heavy atom. The Bertz CT molecular complexity index is 1080. The van der Waals surface area contributed by atoms with E-state index >= 15 is 0 Å². The van der Waals surface area contributed by atoms with E-state index in [0.29, 0.717) is 13.2 Å². The third kappa shape index (κ3) is 4.97. The van der Waals surface area contributed by atoms with Crippen molar-refractivity contribution in [1.82, 2.24) is 4.98 Å². The fourth-order valence-corrected chi connectivity index (χ4v) is 5.56. The zero-order valence-corrected chi connectivity index (χ0v) is 19.7. The quantitative estimate of drug-likeness (QED) is 0.455. The van der Waals surface area contributed by atoms with Crippen LogP contribution in [0.1, 0.15) is 20.3 Å². The molecule has 8 heteroatoms. The molecule has 1 aliphatic heterocycles. The minimum atomic E-state index is -0.415. The van der Waals surface area contributed by atoms with Crippen LogP contribution in [-0.2, 0) is 9.59 Å². The SMILES string of the molecule is CCOc1ccc(N2CC(C(=O)Nc3sc(SCC)nc3-c3ccccc3)CC2=O)cc1. The van der Waals surface area contributed by atoms with Gasteiger partial charge in [-0.05, 0) is 36.9 Å². The van der Waals surface area contributed by atoms with Crippen molar-refractivity contribution in [3.8, 4) is 17.0 Å². The molecule has 3 aromatic rings. The number of rotatable bonds is 8. The predicted octanol–water partition coefficient (Wildman–Crippen LogP) is 5.31. The third-order valence-corrected chi connectivity index (χ3v) is 7.11. The molecule has 0 bridgehead atoms. The molecule has 6 nitrogen and oxygen atoms in total. The number of nitrogens with zero attached hydrogens (tertiary/aromatic N) is 2. The maximum Gasteiger partial charge on any atom is 0.230 e. The van der Waals surface area contributed by atoms with Gasteiger partial charge in [-0.25, -0.2) is 4.98 Å². The van der Waals surface area contributed by atoms with Crippen molar-refractivity contribution in [3.63, 3.8) is 0 Å². The summed E-state index contributed by atoms with van der Waals surface area (Å²) in [5, 5.41) is 3.78. The number of carbonyl (C=O) groups excluding carboxylic acids is 2. The number of hydrogen-bond acceptors (Lipinski definition) is 6. The second-order valence-corrected chi connectivity index (χ2v) is 9.79. The molecular formula is C24H25N3O3S2.